The number of anilines is 3. The first kappa shape index (κ1) is 42.0. The van der Waals surface area contributed by atoms with E-state index in [-0.39, 0.29) is 25.2 Å². The lowest BCUT2D eigenvalue weighted by atomic mass is 9.85. The normalized spacial score (nSPS) is 14.9. The van der Waals surface area contributed by atoms with Gasteiger partial charge in [-0.1, -0.05) is 12.8 Å². The maximum atomic E-state index is 14.7. The lowest BCUT2D eigenvalue weighted by Gasteiger charge is -2.41. The second-order valence-corrected chi connectivity index (χ2v) is 14.9. The lowest BCUT2D eigenvalue weighted by Crippen LogP contribution is -2.63. The molecule has 2 aliphatic rings. The van der Waals surface area contributed by atoms with E-state index < -0.39 is 40.6 Å². The molecule has 0 unspecified atom stereocenters. The second kappa shape index (κ2) is 18.9. The zero-order valence-electron chi connectivity index (χ0n) is 33.7. The number of imide groups is 1. The number of amides is 5. The Morgan fingerprint density at radius 2 is 1.72 bits per heavy atom. The average Bonchev–Trinajstić information content (AvgIpc) is 3.69. The summed E-state index contributed by atoms with van der Waals surface area (Å²) in [6.07, 6.45) is 8.86. The molecule has 5 aromatic rings. The minimum Gasteiger partial charge on any atom is -0.492 e. The molecule has 2 aliphatic heterocycles. The highest BCUT2D eigenvalue weighted by Gasteiger charge is 2.43. The van der Waals surface area contributed by atoms with Gasteiger partial charge in [0.15, 0.2) is 0 Å². The van der Waals surface area contributed by atoms with Crippen LogP contribution in [0.3, 0.4) is 0 Å². The van der Waals surface area contributed by atoms with Gasteiger partial charge in [-0.05, 0) is 93.3 Å². The van der Waals surface area contributed by atoms with E-state index in [1.54, 1.807) is 16.9 Å². The van der Waals surface area contributed by atoms with Gasteiger partial charge >= 0.3 is 6.03 Å². The summed E-state index contributed by atoms with van der Waals surface area (Å²) in [5.74, 6) is -1.98. The quantitative estimate of drug-likeness (QED) is 0.0867. The topological polar surface area (TPSA) is 186 Å². The number of halogens is 2. The van der Waals surface area contributed by atoms with Crippen LogP contribution in [0.25, 0.3) is 16.6 Å². The van der Waals surface area contributed by atoms with Crippen LogP contribution >= 0.6 is 0 Å². The molecule has 2 fully saturated rings. The van der Waals surface area contributed by atoms with Crippen molar-refractivity contribution >= 4 is 46.5 Å². The number of piperidine rings is 1. The van der Waals surface area contributed by atoms with E-state index in [4.69, 9.17) is 9.72 Å². The number of unbranched alkanes of at least 4 members (excludes halogenated alkanes) is 3. The van der Waals surface area contributed by atoms with Gasteiger partial charge in [-0.3, -0.25) is 24.6 Å². The van der Waals surface area contributed by atoms with Crippen molar-refractivity contribution in [2.24, 2.45) is 0 Å². The van der Waals surface area contributed by atoms with Crippen LogP contribution in [0, 0.1) is 23.0 Å². The lowest BCUT2D eigenvalue weighted by molar-refractivity contribution is -0.128. The number of aromatic nitrogens is 3. The van der Waals surface area contributed by atoms with E-state index in [2.05, 4.69) is 32.4 Å². The Kier molecular flexibility index (Phi) is 13.0. The highest BCUT2D eigenvalue weighted by molar-refractivity contribution is 6.05. The number of urea groups is 1. The van der Waals surface area contributed by atoms with Crippen molar-refractivity contribution in [1.82, 2.24) is 30.5 Å². The summed E-state index contributed by atoms with van der Waals surface area (Å²) in [4.78, 5) is 59.1. The largest absolute Gasteiger partial charge is 0.492 e. The molecule has 5 amide bonds. The van der Waals surface area contributed by atoms with Crippen LogP contribution in [0.2, 0.25) is 0 Å². The van der Waals surface area contributed by atoms with Crippen LogP contribution in [-0.2, 0) is 9.59 Å². The van der Waals surface area contributed by atoms with Crippen LogP contribution in [0.5, 0.6) is 5.75 Å². The number of pyridine rings is 2. The van der Waals surface area contributed by atoms with E-state index in [1.807, 2.05) is 54.3 Å². The summed E-state index contributed by atoms with van der Waals surface area (Å²) in [6, 6.07) is 17.4. The molecule has 0 radical (unpaired) electrons. The molecule has 0 atom stereocenters. The van der Waals surface area contributed by atoms with Crippen LogP contribution in [-0.4, -0.2) is 83.2 Å². The third-order valence-corrected chi connectivity index (χ3v) is 10.9. The second-order valence-electron chi connectivity index (χ2n) is 14.9. The summed E-state index contributed by atoms with van der Waals surface area (Å²) in [5.41, 5.74) is 2.26. The van der Waals surface area contributed by atoms with Crippen LogP contribution < -0.4 is 35.8 Å². The van der Waals surface area contributed by atoms with Gasteiger partial charge in [-0.15, -0.1) is 0 Å². The number of carbonyl (C=O) groups is 4. The Labute approximate surface area is 351 Å². The number of nitrogens with zero attached hydrogens (tertiary/aromatic N) is 6. The fourth-order valence-corrected chi connectivity index (χ4v) is 7.64. The highest BCUT2D eigenvalue weighted by Crippen LogP contribution is 2.33. The van der Waals surface area contributed by atoms with Gasteiger partial charge < -0.3 is 25.6 Å². The van der Waals surface area contributed by atoms with E-state index in [9.17, 15) is 33.2 Å². The molecule has 0 spiro atoms. The van der Waals surface area contributed by atoms with Crippen LogP contribution in [0.15, 0.2) is 79.3 Å². The van der Waals surface area contributed by atoms with E-state index >= 15 is 0 Å². The predicted molar refractivity (Wildman–Crippen MR) is 224 cm³/mol. The molecule has 7 rings (SSSR count). The van der Waals surface area contributed by atoms with Gasteiger partial charge in [0.2, 0.25) is 11.8 Å². The van der Waals surface area contributed by atoms with Gasteiger partial charge in [-0.25, -0.2) is 23.1 Å². The Morgan fingerprint density at radius 1 is 0.951 bits per heavy atom. The van der Waals surface area contributed by atoms with Crippen LogP contribution in [0.1, 0.15) is 67.8 Å². The fraction of sp³-hybridized carbons (Fsp3) is 0.341. The molecule has 0 bridgehead atoms. The summed E-state index contributed by atoms with van der Waals surface area (Å²) >= 11 is 0. The Bertz CT molecular complexity index is 2440. The number of nitriles is 1. The Hall–Kier alpha value is -7.09. The van der Waals surface area contributed by atoms with E-state index in [1.165, 1.54) is 11.1 Å². The van der Waals surface area contributed by atoms with Crippen molar-refractivity contribution in [2.45, 2.75) is 57.4 Å². The standard InChI is InChI=1S/C44H46F2N10O5/c1-2-61-34-24-35(40-30(25-47)27-51-56(40)28-34)29-7-14-38(50-26-29)54-21-16-44(17-22-54,53-41(58)36-23-31(45)8-13-37(36)46)42(59)49-19-6-4-3-5-18-48-32-9-11-33(12-10-32)55-20-15-39(57)52-43(55)60/h7-14,23-24,26-28,48H,2-6,15-22H2,1H3,(H,49,59)(H,53,58)(H,52,57,60). The monoisotopic (exact) mass is 832 g/mol. The van der Waals surface area contributed by atoms with Crippen molar-refractivity contribution in [3.05, 3.63) is 102 Å². The molecule has 2 saturated heterocycles. The molecule has 15 nitrogen and oxygen atoms in total. The van der Waals surface area contributed by atoms with Crippen LogP contribution in [0.4, 0.5) is 30.8 Å². The fourth-order valence-electron chi connectivity index (χ4n) is 7.64. The van der Waals surface area contributed by atoms with E-state index in [0.717, 1.165) is 60.8 Å². The summed E-state index contributed by atoms with van der Waals surface area (Å²) in [6.45, 7) is 4.43. The number of carbonyl (C=O) groups excluding carboxylic acids is 4. The number of rotatable bonds is 16. The molecule has 0 aliphatic carbocycles. The summed E-state index contributed by atoms with van der Waals surface area (Å²) in [5, 5.41) is 25.5. The minimum absolute atomic E-state index is 0.181. The number of hydrogen-bond acceptors (Lipinski definition) is 10. The first-order valence-electron chi connectivity index (χ1n) is 20.3. The number of fused-ring (bicyclic) bond motifs is 1. The Balaban J connectivity index is 0.937. The smallest absolute Gasteiger partial charge is 0.328 e. The Morgan fingerprint density at radius 3 is 2.43 bits per heavy atom. The molecule has 316 valence electrons. The van der Waals surface area contributed by atoms with Gasteiger partial charge in [-0.2, -0.15) is 10.4 Å². The van der Waals surface area contributed by atoms with Gasteiger partial charge in [0, 0.05) is 67.8 Å². The zero-order chi connectivity index (χ0) is 42.9. The molecule has 5 heterocycles. The molecule has 2 aromatic carbocycles. The maximum Gasteiger partial charge on any atom is 0.328 e. The zero-order valence-corrected chi connectivity index (χ0v) is 33.7. The molecular formula is C44H46F2N10O5. The highest BCUT2D eigenvalue weighted by atomic mass is 19.1. The third kappa shape index (κ3) is 9.70. The van der Waals surface area contributed by atoms with Crippen molar-refractivity contribution in [3.8, 4) is 22.9 Å². The molecule has 61 heavy (non-hydrogen) atoms. The minimum atomic E-state index is -1.39. The molecule has 3 aromatic heterocycles. The molecule has 17 heteroatoms. The third-order valence-electron chi connectivity index (χ3n) is 10.9. The van der Waals surface area contributed by atoms with Gasteiger partial charge in [0.1, 0.15) is 34.8 Å². The molecule has 0 saturated carbocycles. The molecule has 4 N–H and O–H groups in total. The first-order chi connectivity index (χ1) is 29.6. The van der Waals surface area contributed by atoms with E-state index in [0.29, 0.717) is 67.5 Å². The summed E-state index contributed by atoms with van der Waals surface area (Å²) < 4.78 is 36.1. The van der Waals surface area contributed by atoms with Crippen molar-refractivity contribution < 1.29 is 32.7 Å². The van der Waals surface area contributed by atoms with Crippen molar-refractivity contribution in [2.75, 3.05) is 54.4 Å². The average molecular weight is 833 g/mol. The molecular weight excluding hydrogens is 787 g/mol. The number of benzene rings is 2. The SMILES string of the molecule is CCOc1cc(-c2ccc(N3CCC(NC(=O)c4cc(F)ccc4F)(C(=O)NCCCCCCNc4ccc(N5CCC(=O)NC5=O)cc4)CC3)nc2)c2c(C#N)cnn2c1. The van der Waals surface area contributed by atoms with Crippen molar-refractivity contribution in [1.29, 1.82) is 5.26 Å². The van der Waals surface area contributed by atoms with Crippen molar-refractivity contribution in [3.63, 3.8) is 0 Å². The first-order valence-corrected chi connectivity index (χ1v) is 20.3. The number of nitrogens with one attached hydrogen (secondary N) is 4. The maximum absolute atomic E-state index is 14.7. The van der Waals surface area contributed by atoms with Gasteiger partial charge in [0.05, 0.1) is 35.6 Å². The number of hydrogen-bond donors (Lipinski definition) is 4. The van der Waals surface area contributed by atoms with Gasteiger partial charge in [0.25, 0.3) is 5.91 Å². The predicted octanol–water partition coefficient (Wildman–Crippen LogP) is 5.95. The summed E-state index contributed by atoms with van der Waals surface area (Å²) in [7, 11) is 0. The number of ether oxygens (including phenoxy) is 1.